The number of hydrogen-bond acceptors (Lipinski definition) is 5. The van der Waals surface area contributed by atoms with Crippen LogP contribution in [0.4, 0.5) is 5.69 Å². The summed E-state index contributed by atoms with van der Waals surface area (Å²) in [5.41, 5.74) is 7.90. The second kappa shape index (κ2) is 10.3. The third-order valence-corrected chi connectivity index (χ3v) is 7.65. The lowest BCUT2D eigenvalue weighted by Crippen LogP contribution is -2.49. The van der Waals surface area contributed by atoms with Gasteiger partial charge in [0.05, 0.1) is 7.11 Å². The van der Waals surface area contributed by atoms with E-state index in [1.54, 1.807) is 7.11 Å². The van der Waals surface area contributed by atoms with Crippen LogP contribution in [0.15, 0.2) is 42.5 Å². The van der Waals surface area contributed by atoms with Crippen molar-refractivity contribution >= 4 is 11.6 Å². The van der Waals surface area contributed by atoms with Crippen LogP contribution in [-0.4, -0.2) is 65.3 Å². The average Bonchev–Trinajstić information content (AvgIpc) is 3.28. The molecule has 2 aliphatic rings. The van der Waals surface area contributed by atoms with Crippen molar-refractivity contribution in [2.75, 3.05) is 44.7 Å². The van der Waals surface area contributed by atoms with Crippen molar-refractivity contribution in [3.05, 3.63) is 76.1 Å². The number of methoxy groups -OCH3 is 1. The van der Waals surface area contributed by atoms with E-state index in [0.717, 1.165) is 75.7 Å². The molecule has 3 heterocycles. The Morgan fingerprint density at radius 1 is 1.00 bits per heavy atom. The second-order valence-electron chi connectivity index (χ2n) is 9.91. The molecule has 1 aromatic heterocycles. The van der Waals surface area contributed by atoms with Crippen LogP contribution in [0, 0.1) is 13.8 Å². The summed E-state index contributed by atoms with van der Waals surface area (Å²) in [7, 11) is 1.72. The normalized spacial score (nSPS) is 16.2. The summed E-state index contributed by atoms with van der Waals surface area (Å²) in [4.78, 5) is 20.5. The van der Waals surface area contributed by atoms with Crippen LogP contribution in [0.2, 0.25) is 0 Å². The maximum Gasteiger partial charge on any atom is 0.274 e. The van der Waals surface area contributed by atoms with Crippen LogP contribution >= 0.6 is 0 Å². The molecule has 1 saturated heterocycles. The number of benzene rings is 2. The Labute approximate surface area is 214 Å². The minimum atomic E-state index is 0.0736. The van der Waals surface area contributed by atoms with E-state index in [-0.39, 0.29) is 5.91 Å². The molecule has 0 saturated carbocycles. The van der Waals surface area contributed by atoms with E-state index in [1.807, 2.05) is 15.6 Å². The summed E-state index contributed by atoms with van der Waals surface area (Å²) >= 11 is 0. The molecule has 0 radical (unpaired) electrons. The molecule has 1 fully saturated rings. The van der Waals surface area contributed by atoms with Crippen LogP contribution < -0.4 is 9.64 Å². The van der Waals surface area contributed by atoms with Crippen LogP contribution in [-0.2, 0) is 26.1 Å². The zero-order valence-corrected chi connectivity index (χ0v) is 22.0. The largest absolute Gasteiger partial charge is 0.496 e. The number of carbonyl (C=O) groups is 1. The lowest BCUT2D eigenvalue weighted by atomic mass is 10.0. The monoisotopic (exact) mass is 487 g/mol. The first-order valence-corrected chi connectivity index (χ1v) is 13.0. The van der Waals surface area contributed by atoms with E-state index in [0.29, 0.717) is 5.69 Å². The predicted molar refractivity (Wildman–Crippen MR) is 143 cm³/mol. The molecule has 190 valence electrons. The van der Waals surface area contributed by atoms with Gasteiger partial charge in [-0.05, 0) is 55.7 Å². The minimum absolute atomic E-state index is 0.0736. The maximum absolute atomic E-state index is 13.7. The van der Waals surface area contributed by atoms with Crippen molar-refractivity contribution in [3.63, 3.8) is 0 Å². The van der Waals surface area contributed by atoms with E-state index in [9.17, 15) is 4.79 Å². The fraction of sp³-hybridized carbons (Fsp3) is 0.448. The molecule has 2 aliphatic heterocycles. The zero-order valence-electron chi connectivity index (χ0n) is 22.0. The summed E-state index contributed by atoms with van der Waals surface area (Å²) < 4.78 is 7.54. The third kappa shape index (κ3) is 4.72. The van der Waals surface area contributed by atoms with Crippen LogP contribution in [0.25, 0.3) is 0 Å². The molecule has 2 aromatic carbocycles. The number of anilines is 1. The van der Waals surface area contributed by atoms with Crippen molar-refractivity contribution < 1.29 is 9.53 Å². The molecule has 0 spiro atoms. The Balaban J connectivity index is 1.32. The van der Waals surface area contributed by atoms with Gasteiger partial charge in [-0.3, -0.25) is 14.4 Å². The van der Waals surface area contributed by atoms with Gasteiger partial charge in [-0.1, -0.05) is 24.3 Å². The van der Waals surface area contributed by atoms with Gasteiger partial charge in [-0.2, -0.15) is 5.10 Å². The zero-order chi connectivity index (χ0) is 25.2. The second-order valence-corrected chi connectivity index (χ2v) is 9.91. The molecule has 36 heavy (non-hydrogen) atoms. The number of rotatable bonds is 6. The van der Waals surface area contributed by atoms with E-state index in [4.69, 9.17) is 9.84 Å². The van der Waals surface area contributed by atoms with Crippen molar-refractivity contribution in [3.8, 4) is 5.75 Å². The van der Waals surface area contributed by atoms with Crippen LogP contribution in [0.1, 0.15) is 45.4 Å². The van der Waals surface area contributed by atoms with Crippen LogP contribution in [0.3, 0.4) is 0 Å². The first-order valence-electron chi connectivity index (χ1n) is 13.0. The Morgan fingerprint density at radius 3 is 2.44 bits per heavy atom. The van der Waals surface area contributed by atoms with Gasteiger partial charge in [0.25, 0.3) is 5.91 Å². The number of carbonyl (C=O) groups excluding carboxylic acids is 1. The predicted octanol–water partition coefficient (Wildman–Crippen LogP) is 4.05. The van der Waals surface area contributed by atoms with Gasteiger partial charge < -0.3 is 14.5 Å². The van der Waals surface area contributed by atoms with Gasteiger partial charge >= 0.3 is 0 Å². The highest BCUT2D eigenvalue weighted by Crippen LogP contribution is 2.28. The number of para-hydroxylation sites is 1. The highest BCUT2D eigenvalue weighted by molar-refractivity contribution is 5.94. The van der Waals surface area contributed by atoms with Gasteiger partial charge in [0.15, 0.2) is 5.69 Å². The summed E-state index contributed by atoms with van der Waals surface area (Å²) in [6.45, 7) is 12.8. The van der Waals surface area contributed by atoms with Crippen molar-refractivity contribution in [1.29, 1.82) is 0 Å². The molecule has 0 atom stereocenters. The third-order valence-electron chi connectivity index (χ3n) is 7.65. The minimum Gasteiger partial charge on any atom is -0.496 e. The molecule has 0 aliphatic carbocycles. The lowest BCUT2D eigenvalue weighted by Gasteiger charge is -2.36. The molecule has 3 aromatic rings. The number of piperazine rings is 1. The molecule has 5 rings (SSSR count). The molecule has 7 nitrogen and oxygen atoms in total. The molecule has 0 bridgehead atoms. The highest BCUT2D eigenvalue weighted by atomic mass is 16.5. The fourth-order valence-electron chi connectivity index (χ4n) is 5.55. The van der Waals surface area contributed by atoms with E-state index in [2.05, 4.69) is 67.0 Å². The van der Waals surface area contributed by atoms with Crippen LogP contribution in [0.5, 0.6) is 5.75 Å². The standard InChI is InChI=1S/C29H37N5O2/c1-5-34-26-11-12-31(19-23-17-22(3)27(36-4)18-21(23)2)20-25(26)28(30-34)29(35)33-15-13-32(14-16-33)24-9-7-6-8-10-24/h6-10,17-18H,5,11-16,19-20H2,1-4H3. The maximum atomic E-state index is 13.7. The first kappa shape index (κ1) is 24.4. The van der Waals surface area contributed by atoms with Crippen molar-refractivity contribution in [2.24, 2.45) is 0 Å². The SMILES string of the molecule is CCn1nc(C(=O)N2CCN(c3ccccc3)CC2)c2c1CCN(Cc1cc(C)c(OC)cc1C)C2. The molecular formula is C29H37N5O2. The van der Waals surface area contributed by atoms with E-state index >= 15 is 0 Å². The van der Waals surface area contributed by atoms with Gasteiger partial charge in [-0.15, -0.1) is 0 Å². The molecule has 7 heteroatoms. The Bertz CT molecular complexity index is 1230. The number of hydrogen-bond donors (Lipinski definition) is 0. The summed E-state index contributed by atoms with van der Waals surface area (Å²) in [5.74, 6) is 1.01. The van der Waals surface area contributed by atoms with E-state index < -0.39 is 0 Å². The van der Waals surface area contributed by atoms with Crippen molar-refractivity contribution in [1.82, 2.24) is 19.6 Å². The Kier molecular flexibility index (Phi) is 7.01. The Hall–Kier alpha value is -3.32. The lowest BCUT2D eigenvalue weighted by molar-refractivity contribution is 0.0737. The number of nitrogens with zero attached hydrogens (tertiary/aromatic N) is 5. The number of aryl methyl sites for hydroxylation is 3. The van der Waals surface area contributed by atoms with Crippen molar-refractivity contribution in [2.45, 2.75) is 46.8 Å². The fourth-order valence-corrected chi connectivity index (χ4v) is 5.55. The Morgan fingerprint density at radius 2 is 1.75 bits per heavy atom. The van der Waals surface area contributed by atoms with Gasteiger partial charge in [0.2, 0.25) is 0 Å². The molecule has 1 amide bonds. The molecular weight excluding hydrogens is 450 g/mol. The average molecular weight is 488 g/mol. The smallest absolute Gasteiger partial charge is 0.274 e. The number of ether oxygens (including phenoxy) is 1. The molecule has 0 N–H and O–H groups in total. The number of aromatic nitrogens is 2. The molecule has 0 unspecified atom stereocenters. The summed E-state index contributed by atoms with van der Waals surface area (Å²) in [6, 6.07) is 14.8. The highest BCUT2D eigenvalue weighted by Gasteiger charge is 2.31. The van der Waals surface area contributed by atoms with Gasteiger partial charge in [0.1, 0.15) is 5.75 Å². The summed E-state index contributed by atoms with van der Waals surface area (Å²) in [6.07, 6.45) is 0.916. The number of amides is 1. The number of fused-ring (bicyclic) bond motifs is 1. The van der Waals surface area contributed by atoms with Gasteiger partial charge in [-0.25, -0.2) is 0 Å². The topological polar surface area (TPSA) is 53.8 Å². The quantitative estimate of drug-likeness (QED) is 0.525. The first-order chi connectivity index (χ1) is 17.5. The van der Waals surface area contributed by atoms with Gasteiger partial charge in [0, 0.05) is 75.7 Å². The van der Waals surface area contributed by atoms with E-state index in [1.165, 1.54) is 22.5 Å². The summed E-state index contributed by atoms with van der Waals surface area (Å²) in [5, 5.41) is 4.83.